The molecule has 1 amide bonds. The van der Waals surface area contributed by atoms with Gasteiger partial charge in [0.2, 0.25) is 0 Å². The van der Waals surface area contributed by atoms with Crippen LogP contribution in [0.2, 0.25) is 0 Å². The molecule has 126 valence electrons. The number of hydrogen-bond acceptors (Lipinski definition) is 3. The minimum atomic E-state index is -1.07. The number of hydrogen-bond donors (Lipinski definition) is 2. The maximum atomic E-state index is 12.2. The molecule has 0 aromatic heterocycles. The monoisotopic (exact) mass is 327 g/mol. The Morgan fingerprint density at radius 3 is 2.67 bits per heavy atom. The van der Waals surface area contributed by atoms with Gasteiger partial charge in [0, 0.05) is 5.39 Å². The Bertz CT molecular complexity index is 736. The maximum absolute atomic E-state index is 12.2. The lowest BCUT2D eigenvalue weighted by atomic mass is 10.1. The first-order valence-corrected chi connectivity index (χ1v) is 7.81. The highest BCUT2D eigenvalue weighted by atomic mass is 16.5. The summed E-state index contributed by atoms with van der Waals surface area (Å²) in [6.07, 6.45) is 1.63. The maximum Gasteiger partial charge on any atom is 0.326 e. The molecule has 2 N–H and O–H groups in total. The van der Waals surface area contributed by atoms with E-state index in [0.29, 0.717) is 18.6 Å². The van der Waals surface area contributed by atoms with Crippen molar-refractivity contribution in [3.63, 3.8) is 0 Å². The van der Waals surface area contributed by atoms with Gasteiger partial charge in [-0.2, -0.15) is 0 Å². The van der Waals surface area contributed by atoms with Gasteiger partial charge >= 0.3 is 5.97 Å². The molecule has 2 rings (SSSR count). The first-order chi connectivity index (χ1) is 11.5. The molecule has 2 aromatic carbocycles. The Morgan fingerprint density at radius 1 is 1.25 bits per heavy atom. The third kappa shape index (κ3) is 4.35. The van der Waals surface area contributed by atoms with E-state index in [0.717, 1.165) is 10.8 Å². The first kappa shape index (κ1) is 17.5. The molecule has 0 bridgehead atoms. The summed E-state index contributed by atoms with van der Waals surface area (Å²) in [5.74, 6) is -0.935. The van der Waals surface area contributed by atoms with E-state index in [2.05, 4.69) is 11.9 Å². The van der Waals surface area contributed by atoms with E-state index in [1.165, 1.54) is 0 Å². The van der Waals surface area contributed by atoms with Gasteiger partial charge in [-0.15, -0.1) is 6.58 Å². The number of nitrogens with one attached hydrogen (secondary N) is 1. The zero-order valence-corrected chi connectivity index (χ0v) is 13.6. The Labute approximate surface area is 140 Å². The van der Waals surface area contributed by atoms with Gasteiger partial charge in [0.15, 0.2) is 6.10 Å². The SMILES string of the molecule is C=CCCC(NC(=O)C(C)Oc1cccc2ccccc12)C(=O)O. The van der Waals surface area contributed by atoms with Crippen LogP contribution in [-0.2, 0) is 9.59 Å². The van der Waals surface area contributed by atoms with Gasteiger partial charge < -0.3 is 15.2 Å². The van der Waals surface area contributed by atoms with E-state index in [1.807, 2.05) is 36.4 Å². The number of rotatable bonds is 8. The van der Waals surface area contributed by atoms with Crippen molar-refractivity contribution in [2.24, 2.45) is 0 Å². The normalized spacial score (nSPS) is 13.0. The Balaban J connectivity index is 2.07. The molecule has 24 heavy (non-hydrogen) atoms. The van der Waals surface area contributed by atoms with Gasteiger partial charge in [0.1, 0.15) is 11.8 Å². The molecule has 0 aliphatic rings. The standard InChI is InChI=1S/C19H21NO4/c1-3-4-11-16(19(22)23)20-18(21)13(2)24-17-12-7-9-14-8-5-6-10-15(14)17/h3,5-10,12-13,16H,1,4,11H2,2H3,(H,20,21)(H,22,23). The van der Waals surface area contributed by atoms with Crippen LogP contribution in [0.5, 0.6) is 5.75 Å². The van der Waals surface area contributed by atoms with Gasteiger partial charge in [-0.1, -0.05) is 42.5 Å². The van der Waals surface area contributed by atoms with Gasteiger partial charge in [-0.3, -0.25) is 4.79 Å². The number of amides is 1. The predicted molar refractivity (Wildman–Crippen MR) is 93.0 cm³/mol. The van der Waals surface area contributed by atoms with Crippen LogP contribution in [0.25, 0.3) is 10.8 Å². The van der Waals surface area contributed by atoms with E-state index < -0.39 is 24.0 Å². The lowest BCUT2D eigenvalue weighted by Crippen LogP contribution is -2.46. The second-order valence-electron chi connectivity index (χ2n) is 5.50. The van der Waals surface area contributed by atoms with Gasteiger partial charge in [0.25, 0.3) is 5.91 Å². The predicted octanol–water partition coefficient (Wildman–Crippen LogP) is 3.14. The number of carbonyl (C=O) groups is 2. The van der Waals surface area contributed by atoms with Crippen molar-refractivity contribution >= 4 is 22.6 Å². The fourth-order valence-corrected chi connectivity index (χ4v) is 2.37. The van der Waals surface area contributed by atoms with E-state index in [1.54, 1.807) is 19.1 Å². The molecule has 2 atom stereocenters. The summed E-state index contributed by atoms with van der Waals surface area (Å²) in [5.41, 5.74) is 0. The lowest BCUT2D eigenvalue weighted by molar-refractivity contribution is -0.143. The number of allylic oxidation sites excluding steroid dienone is 1. The molecule has 0 saturated carbocycles. The van der Waals surface area contributed by atoms with Crippen molar-refractivity contribution < 1.29 is 19.4 Å². The molecular weight excluding hydrogens is 306 g/mol. The van der Waals surface area contributed by atoms with Gasteiger partial charge in [-0.05, 0) is 31.2 Å². The minimum Gasteiger partial charge on any atom is -0.480 e. The van der Waals surface area contributed by atoms with E-state index in [-0.39, 0.29) is 0 Å². The average molecular weight is 327 g/mol. The second kappa shape index (κ2) is 8.15. The van der Waals surface area contributed by atoms with Crippen LogP contribution in [-0.4, -0.2) is 29.1 Å². The van der Waals surface area contributed by atoms with Crippen LogP contribution >= 0.6 is 0 Å². The fraction of sp³-hybridized carbons (Fsp3) is 0.263. The highest BCUT2D eigenvalue weighted by molar-refractivity contribution is 5.90. The number of carbonyl (C=O) groups excluding carboxylic acids is 1. The average Bonchev–Trinajstić information content (AvgIpc) is 2.58. The zero-order valence-electron chi connectivity index (χ0n) is 13.6. The number of benzene rings is 2. The molecular formula is C19H21NO4. The smallest absolute Gasteiger partial charge is 0.326 e. The molecule has 5 heteroatoms. The Morgan fingerprint density at radius 2 is 1.96 bits per heavy atom. The molecule has 2 aromatic rings. The fourth-order valence-electron chi connectivity index (χ4n) is 2.37. The molecule has 0 heterocycles. The lowest BCUT2D eigenvalue weighted by Gasteiger charge is -2.19. The summed E-state index contributed by atoms with van der Waals surface area (Å²) < 4.78 is 5.75. The quantitative estimate of drug-likeness (QED) is 0.730. The number of fused-ring (bicyclic) bond motifs is 1. The molecule has 0 radical (unpaired) electrons. The second-order valence-corrected chi connectivity index (χ2v) is 5.50. The number of carboxylic acids is 1. The van der Waals surface area contributed by atoms with Crippen LogP contribution < -0.4 is 10.1 Å². The van der Waals surface area contributed by atoms with Crippen molar-refractivity contribution in [3.8, 4) is 5.75 Å². The Kier molecular flexibility index (Phi) is 5.95. The van der Waals surface area contributed by atoms with Crippen LogP contribution in [0.1, 0.15) is 19.8 Å². The van der Waals surface area contributed by atoms with Crippen LogP contribution in [0.15, 0.2) is 55.1 Å². The summed E-state index contributed by atoms with van der Waals surface area (Å²) in [6, 6.07) is 12.4. The molecule has 0 spiro atoms. The van der Waals surface area contributed by atoms with Gasteiger partial charge in [0.05, 0.1) is 0 Å². The Hall–Kier alpha value is -2.82. The molecule has 0 saturated heterocycles. The van der Waals surface area contributed by atoms with Crippen LogP contribution in [0.3, 0.4) is 0 Å². The number of ether oxygens (including phenoxy) is 1. The van der Waals surface area contributed by atoms with Crippen molar-refractivity contribution in [1.82, 2.24) is 5.32 Å². The summed E-state index contributed by atoms with van der Waals surface area (Å²) in [6.45, 7) is 5.16. The molecule has 0 fully saturated rings. The van der Waals surface area contributed by atoms with E-state index in [9.17, 15) is 14.7 Å². The minimum absolute atomic E-state index is 0.297. The molecule has 0 aliphatic carbocycles. The summed E-state index contributed by atoms with van der Waals surface area (Å²) >= 11 is 0. The molecule has 5 nitrogen and oxygen atoms in total. The van der Waals surface area contributed by atoms with Crippen LogP contribution in [0.4, 0.5) is 0 Å². The van der Waals surface area contributed by atoms with E-state index >= 15 is 0 Å². The van der Waals surface area contributed by atoms with E-state index in [4.69, 9.17) is 4.74 Å². The summed E-state index contributed by atoms with van der Waals surface area (Å²) in [4.78, 5) is 23.4. The van der Waals surface area contributed by atoms with Crippen molar-refractivity contribution in [1.29, 1.82) is 0 Å². The van der Waals surface area contributed by atoms with Crippen molar-refractivity contribution in [2.45, 2.75) is 31.9 Å². The van der Waals surface area contributed by atoms with Crippen molar-refractivity contribution in [3.05, 3.63) is 55.1 Å². The highest BCUT2D eigenvalue weighted by Crippen LogP contribution is 2.26. The third-order valence-electron chi connectivity index (χ3n) is 3.70. The molecule has 2 unspecified atom stereocenters. The summed E-state index contributed by atoms with van der Waals surface area (Å²) in [7, 11) is 0. The zero-order chi connectivity index (χ0) is 17.5. The largest absolute Gasteiger partial charge is 0.480 e. The third-order valence-corrected chi connectivity index (χ3v) is 3.70. The first-order valence-electron chi connectivity index (χ1n) is 7.81. The van der Waals surface area contributed by atoms with Gasteiger partial charge in [-0.25, -0.2) is 4.79 Å². The molecule has 0 aliphatic heterocycles. The highest BCUT2D eigenvalue weighted by Gasteiger charge is 2.23. The summed E-state index contributed by atoms with van der Waals surface area (Å²) in [5, 5.41) is 13.6. The number of carboxylic acid groups (broad SMARTS) is 1. The topological polar surface area (TPSA) is 75.6 Å². The van der Waals surface area contributed by atoms with Crippen molar-refractivity contribution in [2.75, 3.05) is 0 Å². The van der Waals surface area contributed by atoms with Crippen LogP contribution in [0, 0.1) is 0 Å². The number of aliphatic carboxylic acids is 1.